The molecular weight excluding hydrogens is 246 g/mol. The van der Waals surface area contributed by atoms with Crippen molar-refractivity contribution >= 4 is 17.8 Å². The van der Waals surface area contributed by atoms with E-state index in [1.54, 1.807) is 19.1 Å². The van der Waals surface area contributed by atoms with E-state index in [1.807, 2.05) is 18.2 Å². The Hall–Kier alpha value is -2.43. The monoisotopic (exact) mass is 259 g/mol. The number of carbonyl (C=O) groups excluding carboxylic acids is 2. The zero-order chi connectivity index (χ0) is 13.9. The van der Waals surface area contributed by atoms with Crippen molar-refractivity contribution in [2.24, 2.45) is 4.99 Å². The number of amides is 1. The fourth-order valence-corrected chi connectivity index (χ4v) is 1.58. The highest BCUT2D eigenvalue weighted by molar-refractivity contribution is 6.10. The molecule has 0 radical (unpaired) electrons. The lowest BCUT2D eigenvalue weighted by Crippen LogP contribution is -2.31. The molecule has 0 saturated carbocycles. The second-order valence-corrected chi connectivity index (χ2v) is 4.15. The van der Waals surface area contributed by atoms with E-state index in [1.165, 1.54) is 13.2 Å². The summed E-state index contributed by atoms with van der Waals surface area (Å²) in [5, 5.41) is 0. The number of carbonyl (C=O) groups is 2. The Morgan fingerprint density at radius 3 is 2.68 bits per heavy atom. The molecule has 1 aliphatic heterocycles. The van der Waals surface area contributed by atoms with Crippen molar-refractivity contribution in [1.29, 1.82) is 0 Å². The summed E-state index contributed by atoms with van der Waals surface area (Å²) in [5.41, 5.74) is -0.551. The molecule has 1 heterocycles. The highest BCUT2D eigenvalue weighted by atomic mass is 16.5. The number of hydrogen-bond donors (Lipinski definition) is 0. The van der Waals surface area contributed by atoms with Crippen molar-refractivity contribution in [1.82, 2.24) is 0 Å². The first-order chi connectivity index (χ1) is 9.05. The lowest BCUT2D eigenvalue weighted by atomic mass is 10.1. The molecule has 1 atom stereocenters. The normalized spacial score (nSPS) is 22.2. The van der Waals surface area contributed by atoms with Crippen LogP contribution < -0.4 is 0 Å². The number of hydrogen-bond acceptors (Lipinski definition) is 4. The van der Waals surface area contributed by atoms with Gasteiger partial charge in [-0.15, -0.1) is 0 Å². The van der Waals surface area contributed by atoms with Gasteiger partial charge in [0.2, 0.25) is 11.5 Å². The Labute approximate surface area is 110 Å². The van der Waals surface area contributed by atoms with Gasteiger partial charge in [-0.2, -0.15) is 4.99 Å². The van der Waals surface area contributed by atoms with Gasteiger partial charge in [0, 0.05) is 11.6 Å². The number of benzene rings is 1. The number of ether oxygens (including phenoxy) is 2. The summed E-state index contributed by atoms with van der Waals surface area (Å²) in [6.07, 6.45) is 2.50. The summed E-state index contributed by atoms with van der Waals surface area (Å²) < 4.78 is 10.0. The Balaban J connectivity index is 2.20. The second-order valence-electron chi connectivity index (χ2n) is 4.15. The predicted octanol–water partition coefficient (Wildman–Crippen LogP) is 1.48. The van der Waals surface area contributed by atoms with E-state index < -0.39 is 17.5 Å². The van der Waals surface area contributed by atoms with E-state index in [4.69, 9.17) is 4.74 Å². The van der Waals surface area contributed by atoms with Crippen molar-refractivity contribution in [2.45, 2.75) is 12.5 Å². The van der Waals surface area contributed by atoms with Crippen LogP contribution in [0.15, 0.2) is 47.5 Å². The second kappa shape index (κ2) is 5.06. The topological polar surface area (TPSA) is 65.0 Å². The lowest BCUT2D eigenvalue weighted by Gasteiger charge is -2.17. The molecule has 0 N–H and O–H groups in total. The maximum atomic E-state index is 11.9. The maximum Gasteiger partial charge on any atom is 0.330 e. The van der Waals surface area contributed by atoms with Crippen molar-refractivity contribution in [2.75, 3.05) is 7.11 Å². The van der Waals surface area contributed by atoms with Crippen LogP contribution in [0.1, 0.15) is 12.5 Å². The molecule has 5 heteroatoms. The van der Waals surface area contributed by atoms with E-state index in [2.05, 4.69) is 9.73 Å². The smallest absolute Gasteiger partial charge is 0.330 e. The SMILES string of the molecule is COC(=O)/C=C/C1(C)OC(c2ccccc2)=NC1=O. The molecule has 0 spiro atoms. The number of methoxy groups -OCH3 is 1. The molecule has 1 unspecified atom stereocenters. The third kappa shape index (κ3) is 2.70. The molecule has 0 aromatic heterocycles. The first-order valence-electron chi connectivity index (χ1n) is 5.70. The minimum absolute atomic E-state index is 0.252. The summed E-state index contributed by atoms with van der Waals surface area (Å²) in [6.45, 7) is 1.55. The van der Waals surface area contributed by atoms with Crippen LogP contribution >= 0.6 is 0 Å². The van der Waals surface area contributed by atoms with Gasteiger partial charge in [-0.1, -0.05) is 18.2 Å². The van der Waals surface area contributed by atoms with Crippen molar-refractivity contribution in [3.63, 3.8) is 0 Å². The Bertz CT molecular complexity index is 562. The van der Waals surface area contributed by atoms with E-state index >= 15 is 0 Å². The molecule has 0 saturated heterocycles. The number of esters is 1. The third-order valence-electron chi connectivity index (χ3n) is 2.70. The van der Waals surface area contributed by atoms with Gasteiger partial charge in [0.05, 0.1) is 7.11 Å². The van der Waals surface area contributed by atoms with Gasteiger partial charge in [0.1, 0.15) is 0 Å². The van der Waals surface area contributed by atoms with Crippen LogP contribution in [0.5, 0.6) is 0 Å². The van der Waals surface area contributed by atoms with Crippen LogP contribution in [-0.2, 0) is 19.1 Å². The van der Waals surface area contributed by atoms with Crippen molar-refractivity contribution < 1.29 is 19.1 Å². The number of rotatable bonds is 3. The molecule has 1 aliphatic rings. The third-order valence-corrected chi connectivity index (χ3v) is 2.70. The molecule has 98 valence electrons. The van der Waals surface area contributed by atoms with Crippen LogP contribution in [0.25, 0.3) is 0 Å². The molecule has 1 aromatic rings. The molecule has 0 fully saturated rings. The van der Waals surface area contributed by atoms with Crippen molar-refractivity contribution in [3.05, 3.63) is 48.0 Å². The highest BCUT2D eigenvalue weighted by Gasteiger charge is 2.40. The Morgan fingerprint density at radius 1 is 1.37 bits per heavy atom. The van der Waals surface area contributed by atoms with Crippen LogP contribution in [0.3, 0.4) is 0 Å². The van der Waals surface area contributed by atoms with E-state index in [0.717, 1.165) is 6.08 Å². The standard InChI is InChI=1S/C14H13NO4/c1-14(9-8-11(16)18-2)13(17)15-12(19-14)10-6-4-3-5-7-10/h3-9H,1-2H3/b9-8+. The quantitative estimate of drug-likeness (QED) is 0.609. The van der Waals surface area contributed by atoms with Crippen LogP contribution in [0.4, 0.5) is 0 Å². The molecule has 1 aromatic carbocycles. The van der Waals surface area contributed by atoms with Crippen molar-refractivity contribution in [3.8, 4) is 0 Å². The zero-order valence-corrected chi connectivity index (χ0v) is 10.6. The van der Waals surface area contributed by atoms with E-state index in [0.29, 0.717) is 5.56 Å². The number of aliphatic imine (C=N–C) groups is 1. The highest BCUT2D eigenvalue weighted by Crippen LogP contribution is 2.24. The molecule has 19 heavy (non-hydrogen) atoms. The fraction of sp³-hybridized carbons (Fsp3) is 0.214. The summed E-state index contributed by atoms with van der Waals surface area (Å²) in [6, 6.07) is 9.10. The molecule has 0 aliphatic carbocycles. The Morgan fingerprint density at radius 2 is 2.05 bits per heavy atom. The van der Waals surface area contributed by atoms with E-state index in [-0.39, 0.29) is 5.90 Å². The lowest BCUT2D eigenvalue weighted by molar-refractivity contribution is -0.134. The predicted molar refractivity (Wildman–Crippen MR) is 68.6 cm³/mol. The van der Waals surface area contributed by atoms with Gasteiger partial charge < -0.3 is 9.47 Å². The zero-order valence-electron chi connectivity index (χ0n) is 10.6. The summed E-state index contributed by atoms with van der Waals surface area (Å²) in [5.74, 6) is -0.750. The van der Waals surface area contributed by atoms with E-state index in [9.17, 15) is 9.59 Å². The molecule has 0 bridgehead atoms. The first-order valence-corrected chi connectivity index (χ1v) is 5.70. The maximum absolute atomic E-state index is 11.9. The average molecular weight is 259 g/mol. The molecule has 5 nitrogen and oxygen atoms in total. The number of nitrogens with zero attached hydrogens (tertiary/aromatic N) is 1. The first kappa shape index (κ1) is 13.0. The molecule has 1 amide bonds. The summed E-state index contributed by atoms with van der Waals surface area (Å²) >= 11 is 0. The van der Waals surface area contributed by atoms with Gasteiger partial charge in [0.25, 0.3) is 5.91 Å². The summed E-state index contributed by atoms with van der Waals surface area (Å²) in [7, 11) is 1.26. The average Bonchev–Trinajstić information content (AvgIpc) is 2.74. The van der Waals surface area contributed by atoms with Gasteiger partial charge >= 0.3 is 5.97 Å². The summed E-state index contributed by atoms with van der Waals surface area (Å²) in [4.78, 5) is 26.8. The van der Waals surface area contributed by atoms with Gasteiger partial charge in [-0.05, 0) is 25.1 Å². The Kier molecular flexibility index (Phi) is 3.46. The minimum Gasteiger partial charge on any atom is -0.466 e. The van der Waals surface area contributed by atoms with Gasteiger partial charge in [0.15, 0.2) is 0 Å². The van der Waals surface area contributed by atoms with Crippen LogP contribution in [0.2, 0.25) is 0 Å². The molecular formula is C14H13NO4. The minimum atomic E-state index is -1.26. The van der Waals surface area contributed by atoms with Gasteiger partial charge in [-0.25, -0.2) is 4.79 Å². The van der Waals surface area contributed by atoms with Crippen LogP contribution in [0, 0.1) is 0 Å². The fourth-order valence-electron chi connectivity index (χ4n) is 1.58. The molecule has 2 rings (SSSR count). The largest absolute Gasteiger partial charge is 0.466 e. The van der Waals surface area contributed by atoms with Gasteiger partial charge in [-0.3, -0.25) is 4.79 Å². The van der Waals surface area contributed by atoms with Crippen LogP contribution in [-0.4, -0.2) is 30.5 Å².